The molecule has 0 N–H and O–H groups in total. The first-order valence-corrected chi connectivity index (χ1v) is 7.82. The number of alkyl halides is 1. The zero-order chi connectivity index (χ0) is 14.2. The monoisotopic (exact) mass is 338 g/mol. The van der Waals surface area contributed by atoms with Gasteiger partial charge in [0.1, 0.15) is 0 Å². The van der Waals surface area contributed by atoms with E-state index in [1.54, 1.807) is 0 Å². The lowest BCUT2D eigenvalue weighted by Gasteiger charge is -2.00. The minimum Gasteiger partial charge on any atom is -0.349 e. The Kier molecular flexibility index (Phi) is 19.0. The molecule has 0 bridgehead atoms. The summed E-state index contributed by atoms with van der Waals surface area (Å²) < 4.78 is 10.1. The smallest absolute Gasteiger partial charge is 0.167 e. The van der Waals surface area contributed by atoms with Crippen LogP contribution in [0.1, 0.15) is 27.7 Å². The Hall–Kier alpha value is -0.0900. The van der Waals surface area contributed by atoms with Gasteiger partial charge < -0.3 is 9.47 Å². The van der Waals surface area contributed by atoms with Crippen molar-refractivity contribution in [2.45, 2.75) is 34.0 Å². The highest BCUT2D eigenvalue weighted by atomic mass is 79.9. The van der Waals surface area contributed by atoms with Crippen LogP contribution in [0.15, 0.2) is 30.3 Å². The highest BCUT2D eigenvalue weighted by Gasteiger charge is 2.12. The topological polar surface area (TPSA) is 18.5 Å². The number of rotatable bonds is 1. The first-order chi connectivity index (χ1) is 8.83. The first-order valence-electron chi connectivity index (χ1n) is 6.32. The molecule has 1 aliphatic heterocycles. The van der Waals surface area contributed by atoms with Gasteiger partial charge in [0.15, 0.2) is 6.29 Å². The van der Waals surface area contributed by atoms with Gasteiger partial charge in [0.2, 0.25) is 0 Å². The summed E-state index contributed by atoms with van der Waals surface area (Å²) in [6.45, 7) is 9.49. The van der Waals surface area contributed by atoms with Gasteiger partial charge in [-0.3, -0.25) is 0 Å². The molecule has 1 heterocycles. The number of ether oxygens (including phenoxy) is 2. The van der Waals surface area contributed by atoms with Gasteiger partial charge in [-0.1, -0.05) is 73.4 Å². The summed E-state index contributed by atoms with van der Waals surface area (Å²) in [6.07, 6.45) is 0.0139. The molecule has 0 saturated carbocycles. The van der Waals surface area contributed by atoms with E-state index in [9.17, 15) is 0 Å². The summed E-state index contributed by atoms with van der Waals surface area (Å²) in [7, 11) is 0. The van der Waals surface area contributed by atoms with E-state index in [1.807, 2.05) is 58.0 Å². The van der Waals surface area contributed by atoms with Crippen LogP contribution >= 0.6 is 27.5 Å². The van der Waals surface area contributed by atoms with E-state index in [0.717, 1.165) is 23.6 Å². The average molecular weight is 340 g/mol. The second-order valence-corrected chi connectivity index (χ2v) is 3.70. The van der Waals surface area contributed by atoms with E-state index in [0.29, 0.717) is 0 Å². The maximum Gasteiger partial charge on any atom is 0.167 e. The number of hydrogen-bond acceptors (Lipinski definition) is 2. The molecule has 4 heteroatoms. The van der Waals surface area contributed by atoms with Crippen molar-refractivity contribution in [3.63, 3.8) is 0 Å². The highest BCUT2D eigenvalue weighted by molar-refractivity contribution is 9.09. The molecule has 0 atom stereocenters. The largest absolute Gasteiger partial charge is 0.349 e. The van der Waals surface area contributed by atoms with Crippen LogP contribution < -0.4 is 0 Å². The van der Waals surface area contributed by atoms with Crippen molar-refractivity contribution >= 4 is 27.5 Å². The minimum atomic E-state index is 0.0139. The summed E-state index contributed by atoms with van der Waals surface area (Å²) >= 11 is 8.77. The van der Waals surface area contributed by atoms with Crippen molar-refractivity contribution in [3.8, 4) is 0 Å². The second-order valence-electron chi connectivity index (χ2n) is 2.62. The van der Waals surface area contributed by atoms with Crippen LogP contribution in [0.25, 0.3) is 0 Å². The van der Waals surface area contributed by atoms with Gasteiger partial charge >= 0.3 is 0 Å². The van der Waals surface area contributed by atoms with Crippen LogP contribution in [0.2, 0.25) is 5.02 Å². The van der Waals surface area contributed by atoms with Gasteiger partial charge in [0.25, 0.3) is 0 Å². The maximum atomic E-state index is 5.54. The fraction of sp³-hybridized carbons (Fsp3) is 0.571. The van der Waals surface area contributed by atoms with Gasteiger partial charge in [-0.2, -0.15) is 0 Å². The van der Waals surface area contributed by atoms with E-state index >= 15 is 0 Å². The predicted octanol–water partition coefficient (Wildman–Crippen LogP) is 5.15. The summed E-state index contributed by atoms with van der Waals surface area (Å²) in [5.74, 6) is 0. The summed E-state index contributed by atoms with van der Waals surface area (Å²) in [5.41, 5.74) is 0. The van der Waals surface area contributed by atoms with E-state index in [2.05, 4.69) is 15.9 Å². The normalized spacial score (nSPS) is 13.2. The van der Waals surface area contributed by atoms with Crippen molar-refractivity contribution in [2.24, 2.45) is 0 Å². The number of hydrogen-bond donors (Lipinski definition) is 0. The molecule has 0 aliphatic carbocycles. The Morgan fingerprint density at radius 1 is 1.06 bits per heavy atom. The van der Waals surface area contributed by atoms with E-state index in [4.69, 9.17) is 21.1 Å². The lowest BCUT2D eigenvalue weighted by atomic mass is 10.4. The van der Waals surface area contributed by atoms with E-state index in [1.165, 1.54) is 0 Å². The molecule has 1 saturated heterocycles. The number of halogens is 2. The van der Waals surface area contributed by atoms with Crippen LogP contribution in [0, 0.1) is 0 Å². The van der Waals surface area contributed by atoms with E-state index < -0.39 is 0 Å². The van der Waals surface area contributed by atoms with Gasteiger partial charge in [0.05, 0.1) is 18.5 Å². The van der Waals surface area contributed by atoms with Crippen molar-refractivity contribution in [1.29, 1.82) is 0 Å². The van der Waals surface area contributed by atoms with Crippen molar-refractivity contribution in [1.82, 2.24) is 0 Å². The zero-order valence-electron chi connectivity index (χ0n) is 11.7. The molecule has 0 amide bonds. The fourth-order valence-electron chi connectivity index (χ4n) is 0.911. The average Bonchev–Trinajstić information content (AvgIpc) is 2.98. The van der Waals surface area contributed by atoms with Crippen LogP contribution in [0.3, 0.4) is 0 Å². The quantitative estimate of drug-likeness (QED) is 0.659. The Labute approximate surface area is 125 Å². The molecule has 0 unspecified atom stereocenters. The zero-order valence-corrected chi connectivity index (χ0v) is 14.0. The Morgan fingerprint density at radius 2 is 1.50 bits per heavy atom. The molecule has 1 aromatic rings. The van der Waals surface area contributed by atoms with Crippen molar-refractivity contribution < 1.29 is 9.47 Å². The van der Waals surface area contributed by atoms with Gasteiger partial charge in [0, 0.05) is 5.02 Å². The summed E-state index contributed by atoms with van der Waals surface area (Å²) in [4.78, 5) is 0. The maximum absolute atomic E-state index is 5.54. The third-order valence-corrected chi connectivity index (χ3v) is 2.33. The van der Waals surface area contributed by atoms with Crippen LogP contribution in [-0.4, -0.2) is 24.8 Å². The predicted molar refractivity (Wildman–Crippen MR) is 83.6 cm³/mol. The molecule has 0 radical (unpaired) electrons. The highest BCUT2D eigenvalue weighted by Crippen LogP contribution is 2.05. The Bertz CT molecular complexity index is 239. The third kappa shape index (κ3) is 12.4. The molecular weight excluding hydrogens is 316 g/mol. The van der Waals surface area contributed by atoms with Crippen LogP contribution in [0.5, 0.6) is 0 Å². The van der Waals surface area contributed by atoms with Gasteiger partial charge in [-0.05, 0) is 12.1 Å². The minimum absolute atomic E-state index is 0.0139. The van der Waals surface area contributed by atoms with Crippen molar-refractivity contribution in [3.05, 3.63) is 35.4 Å². The van der Waals surface area contributed by atoms with Crippen molar-refractivity contribution in [2.75, 3.05) is 18.5 Å². The molecule has 18 heavy (non-hydrogen) atoms. The van der Waals surface area contributed by atoms with Crippen LogP contribution in [0.4, 0.5) is 0 Å². The molecule has 1 aromatic carbocycles. The SMILES string of the molecule is BrCC1OCCO1.CC.CC.Clc1ccccc1. The number of benzene rings is 1. The molecule has 106 valence electrons. The standard InChI is InChI=1S/C6H5Cl.C4H7BrO2.2C2H6/c7-6-4-2-1-3-5-6;5-3-4-6-1-2-7-4;2*1-2/h1-5H;4H,1-3H2;2*1-2H3. The Morgan fingerprint density at radius 3 is 1.72 bits per heavy atom. The van der Waals surface area contributed by atoms with Crippen LogP contribution in [-0.2, 0) is 9.47 Å². The molecule has 1 aliphatic rings. The summed E-state index contributed by atoms with van der Waals surface area (Å²) in [6, 6.07) is 9.44. The van der Waals surface area contributed by atoms with Gasteiger partial charge in [-0.15, -0.1) is 0 Å². The Balaban J connectivity index is 0. The molecular formula is C14H24BrClO2. The lowest BCUT2D eigenvalue weighted by Crippen LogP contribution is -2.07. The molecule has 0 aromatic heterocycles. The van der Waals surface area contributed by atoms with Gasteiger partial charge in [-0.25, -0.2) is 0 Å². The summed E-state index contributed by atoms with van der Waals surface area (Å²) in [5, 5.41) is 1.58. The fourth-order valence-corrected chi connectivity index (χ4v) is 1.43. The second kappa shape index (κ2) is 16.9. The lowest BCUT2D eigenvalue weighted by molar-refractivity contribution is -0.0205. The first kappa shape index (κ1) is 20.2. The van der Waals surface area contributed by atoms with E-state index in [-0.39, 0.29) is 6.29 Å². The molecule has 0 spiro atoms. The molecule has 2 nitrogen and oxygen atoms in total. The molecule has 2 rings (SSSR count). The molecule has 1 fully saturated rings. The third-order valence-electron chi connectivity index (χ3n) is 1.55.